The van der Waals surface area contributed by atoms with Gasteiger partial charge in [-0.2, -0.15) is 0 Å². The van der Waals surface area contributed by atoms with Crippen molar-refractivity contribution in [2.24, 2.45) is 0 Å². The van der Waals surface area contributed by atoms with Crippen LogP contribution in [-0.2, 0) is 4.74 Å². The van der Waals surface area contributed by atoms with E-state index in [0.29, 0.717) is 12.5 Å². The van der Waals surface area contributed by atoms with Crippen molar-refractivity contribution in [3.63, 3.8) is 0 Å². The van der Waals surface area contributed by atoms with E-state index in [4.69, 9.17) is 16.3 Å². The second-order valence-electron chi connectivity index (χ2n) is 4.60. The molecule has 1 aromatic carbocycles. The third-order valence-electron chi connectivity index (χ3n) is 3.03. The number of halogens is 1. The molecule has 0 spiro atoms. The number of aromatic nitrogens is 1. The SMILES string of the molecule is COCC(CCCl)Nc1cc(C)nc2ccccc12. The van der Waals surface area contributed by atoms with Crippen LogP contribution in [0.4, 0.5) is 5.69 Å². The number of rotatable bonds is 6. The molecular weight excluding hydrogens is 260 g/mol. The highest BCUT2D eigenvalue weighted by molar-refractivity contribution is 6.17. The molecule has 1 aromatic heterocycles. The van der Waals surface area contributed by atoms with Gasteiger partial charge in [-0.25, -0.2) is 0 Å². The minimum absolute atomic E-state index is 0.215. The second kappa shape index (κ2) is 6.73. The summed E-state index contributed by atoms with van der Waals surface area (Å²) in [6, 6.07) is 10.4. The second-order valence-corrected chi connectivity index (χ2v) is 4.98. The molecule has 0 amide bonds. The molecule has 2 aromatic rings. The molecule has 0 aliphatic rings. The zero-order chi connectivity index (χ0) is 13.7. The standard InChI is InChI=1S/C15H19ClN2O/c1-11-9-15(18-12(7-8-16)10-19-2)13-5-3-4-6-14(13)17-11/h3-6,9,12H,7-8,10H2,1-2H3,(H,17,18). The zero-order valence-electron chi connectivity index (χ0n) is 11.3. The lowest BCUT2D eigenvalue weighted by Crippen LogP contribution is -2.25. The lowest BCUT2D eigenvalue weighted by Gasteiger charge is -2.19. The summed E-state index contributed by atoms with van der Waals surface area (Å²) >= 11 is 5.84. The number of hydrogen-bond donors (Lipinski definition) is 1. The van der Waals surface area contributed by atoms with Crippen LogP contribution < -0.4 is 5.32 Å². The van der Waals surface area contributed by atoms with E-state index in [9.17, 15) is 0 Å². The van der Waals surface area contributed by atoms with Crippen molar-refractivity contribution in [1.29, 1.82) is 0 Å². The Bertz CT molecular complexity index is 539. The highest BCUT2D eigenvalue weighted by atomic mass is 35.5. The Morgan fingerprint density at radius 1 is 1.37 bits per heavy atom. The number of para-hydroxylation sites is 1. The highest BCUT2D eigenvalue weighted by Crippen LogP contribution is 2.24. The van der Waals surface area contributed by atoms with E-state index in [1.54, 1.807) is 7.11 Å². The van der Waals surface area contributed by atoms with Gasteiger partial charge in [-0.1, -0.05) is 18.2 Å². The third-order valence-corrected chi connectivity index (χ3v) is 3.25. The van der Waals surface area contributed by atoms with Gasteiger partial charge in [-0.3, -0.25) is 4.98 Å². The van der Waals surface area contributed by atoms with Gasteiger partial charge in [0, 0.05) is 29.8 Å². The quantitative estimate of drug-likeness (QED) is 0.820. The number of anilines is 1. The minimum atomic E-state index is 0.215. The van der Waals surface area contributed by atoms with Crippen LogP contribution >= 0.6 is 11.6 Å². The number of ether oxygens (including phenoxy) is 1. The molecule has 0 saturated carbocycles. The summed E-state index contributed by atoms with van der Waals surface area (Å²) in [7, 11) is 1.71. The van der Waals surface area contributed by atoms with Crippen molar-refractivity contribution in [1.82, 2.24) is 4.98 Å². The van der Waals surface area contributed by atoms with Crippen LogP contribution in [0.3, 0.4) is 0 Å². The molecule has 1 heterocycles. The van der Waals surface area contributed by atoms with E-state index >= 15 is 0 Å². The topological polar surface area (TPSA) is 34.1 Å². The van der Waals surface area contributed by atoms with Crippen molar-refractivity contribution in [2.75, 3.05) is 24.9 Å². The van der Waals surface area contributed by atoms with Gasteiger partial charge in [-0.05, 0) is 25.5 Å². The fraction of sp³-hybridized carbons (Fsp3) is 0.400. The van der Waals surface area contributed by atoms with Gasteiger partial charge in [0.25, 0.3) is 0 Å². The summed E-state index contributed by atoms with van der Waals surface area (Å²) in [5.41, 5.74) is 3.10. The van der Waals surface area contributed by atoms with Crippen LogP contribution in [0.25, 0.3) is 10.9 Å². The van der Waals surface area contributed by atoms with E-state index in [2.05, 4.69) is 22.4 Å². The van der Waals surface area contributed by atoms with Crippen molar-refractivity contribution < 1.29 is 4.74 Å². The van der Waals surface area contributed by atoms with E-state index in [1.807, 2.05) is 25.1 Å². The first-order valence-corrected chi connectivity index (χ1v) is 6.96. The summed E-state index contributed by atoms with van der Waals surface area (Å²) in [6.07, 6.45) is 0.866. The van der Waals surface area contributed by atoms with Crippen LogP contribution in [0.5, 0.6) is 0 Å². The first kappa shape index (κ1) is 14.1. The average Bonchev–Trinajstić information content (AvgIpc) is 2.39. The molecule has 1 unspecified atom stereocenters. The number of pyridine rings is 1. The van der Waals surface area contributed by atoms with E-state index in [0.717, 1.165) is 28.7 Å². The molecule has 3 nitrogen and oxygen atoms in total. The summed E-state index contributed by atoms with van der Waals surface area (Å²) in [5, 5.41) is 4.64. The molecule has 0 fully saturated rings. The van der Waals surface area contributed by atoms with Crippen molar-refractivity contribution >= 4 is 28.2 Å². The van der Waals surface area contributed by atoms with Gasteiger partial charge in [0.05, 0.1) is 18.2 Å². The zero-order valence-corrected chi connectivity index (χ0v) is 12.1. The number of benzene rings is 1. The van der Waals surface area contributed by atoms with Crippen molar-refractivity contribution in [3.8, 4) is 0 Å². The minimum Gasteiger partial charge on any atom is -0.383 e. The molecule has 0 bridgehead atoms. The Morgan fingerprint density at radius 2 is 2.16 bits per heavy atom. The van der Waals surface area contributed by atoms with E-state index in [-0.39, 0.29) is 6.04 Å². The lowest BCUT2D eigenvalue weighted by molar-refractivity contribution is 0.184. The monoisotopic (exact) mass is 278 g/mol. The normalized spacial score (nSPS) is 12.6. The maximum atomic E-state index is 5.84. The number of alkyl halides is 1. The predicted octanol–water partition coefficient (Wildman–Crippen LogP) is 3.60. The molecule has 4 heteroatoms. The third kappa shape index (κ3) is 3.58. The van der Waals surface area contributed by atoms with Gasteiger partial charge in [0.15, 0.2) is 0 Å². The van der Waals surface area contributed by atoms with Gasteiger partial charge in [-0.15, -0.1) is 11.6 Å². The molecule has 19 heavy (non-hydrogen) atoms. The smallest absolute Gasteiger partial charge is 0.0725 e. The molecular formula is C15H19ClN2O. The Balaban J connectivity index is 2.32. The molecule has 2 rings (SSSR count). The van der Waals surface area contributed by atoms with E-state index in [1.165, 1.54) is 0 Å². The van der Waals surface area contributed by atoms with Crippen molar-refractivity contribution in [3.05, 3.63) is 36.0 Å². The number of nitrogens with zero attached hydrogens (tertiary/aromatic N) is 1. The Kier molecular flexibility index (Phi) is 5.00. The number of nitrogens with one attached hydrogen (secondary N) is 1. The lowest BCUT2D eigenvalue weighted by atomic mass is 10.1. The first-order chi connectivity index (χ1) is 9.24. The summed E-state index contributed by atoms with van der Waals surface area (Å²) < 4.78 is 5.23. The largest absolute Gasteiger partial charge is 0.383 e. The van der Waals surface area contributed by atoms with Crippen LogP contribution in [0.1, 0.15) is 12.1 Å². The van der Waals surface area contributed by atoms with Crippen molar-refractivity contribution in [2.45, 2.75) is 19.4 Å². The molecule has 1 N–H and O–H groups in total. The summed E-state index contributed by atoms with van der Waals surface area (Å²) in [6.45, 7) is 2.65. The van der Waals surface area contributed by atoms with Gasteiger partial charge in [0.1, 0.15) is 0 Å². The van der Waals surface area contributed by atoms with E-state index < -0.39 is 0 Å². The van der Waals surface area contributed by atoms with Crippen LogP contribution in [0.2, 0.25) is 0 Å². The highest BCUT2D eigenvalue weighted by Gasteiger charge is 2.10. The molecule has 0 radical (unpaired) electrons. The first-order valence-electron chi connectivity index (χ1n) is 6.42. The summed E-state index contributed by atoms with van der Waals surface area (Å²) in [4.78, 5) is 4.54. The molecule has 0 aliphatic carbocycles. The maximum absolute atomic E-state index is 5.84. The van der Waals surface area contributed by atoms with Gasteiger partial charge in [0.2, 0.25) is 0 Å². The van der Waals surface area contributed by atoms with Crippen LogP contribution in [0, 0.1) is 6.92 Å². The Labute approximate surface area is 118 Å². The average molecular weight is 279 g/mol. The predicted molar refractivity (Wildman–Crippen MR) is 81.1 cm³/mol. The number of aryl methyl sites for hydroxylation is 1. The maximum Gasteiger partial charge on any atom is 0.0725 e. The van der Waals surface area contributed by atoms with Gasteiger partial charge >= 0.3 is 0 Å². The Morgan fingerprint density at radius 3 is 2.89 bits per heavy atom. The molecule has 1 atom stereocenters. The molecule has 0 aliphatic heterocycles. The number of hydrogen-bond acceptors (Lipinski definition) is 3. The Hall–Kier alpha value is -1.32. The fourth-order valence-corrected chi connectivity index (χ4v) is 2.44. The summed E-state index contributed by atoms with van der Waals surface area (Å²) in [5.74, 6) is 0.614. The van der Waals surface area contributed by atoms with Crippen LogP contribution in [0.15, 0.2) is 30.3 Å². The molecule has 102 valence electrons. The van der Waals surface area contributed by atoms with Crippen LogP contribution in [-0.4, -0.2) is 30.6 Å². The number of fused-ring (bicyclic) bond motifs is 1. The van der Waals surface area contributed by atoms with Gasteiger partial charge < -0.3 is 10.1 Å². The fourth-order valence-electron chi connectivity index (χ4n) is 2.18. The molecule has 0 saturated heterocycles. The number of methoxy groups -OCH3 is 1.